The maximum atomic E-state index is 14.9. The molecular weight excluding hydrogens is 494 g/mol. The third kappa shape index (κ3) is 8.29. The zero-order chi connectivity index (χ0) is 27.0. The summed E-state index contributed by atoms with van der Waals surface area (Å²) in [6, 6.07) is 7.19. The molecule has 0 saturated heterocycles. The van der Waals surface area contributed by atoms with Crippen molar-refractivity contribution in [3.63, 3.8) is 0 Å². The van der Waals surface area contributed by atoms with E-state index in [2.05, 4.69) is 17.1 Å². The average Bonchev–Trinajstić information content (AvgIpc) is 2.93. The van der Waals surface area contributed by atoms with Crippen LogP contribution < -0.4 is 4.74 Å². The molecule has 7 heteroatoms. The lowest BCUT2D eigenvalue weighted by Crippen LogP contribution is -2.37. The molecule has 2 aromatic rings. The van der Waals surface area contributed by atoms with E-state index < -0.39 is 23.7 Å². The van der Waals surface area contributed by atoms with Gasteiger partial charge in [-0.2, -0.15) is 8.78 Å². The van der Waals surface area contributed by atoms with Crippen LogP contribution in [0.15, 0.2) is 48.7 Å². The predicted molar refractivity (Wildman–Crippen MR) is 140 cm³/mol. The molecule has 0 amide bonds. The van der Waals surface area contributed by atoms with Crippen molar-refractivity contribution in [2.75, 3.05) is 6.61 Å². The first-order chi connectivity index (χ1) is 18.3. The minimum atomic E-state index is -3.23. The number of ether oxygens (including phenoxy) is 1. The van der Waals surface area contributed by atoms with E-state index in [1.54, 1.807) is 18.2 Å². The van der Waals surface area contributed by atoms with Gasteiger partial charge in [-0.05, 0) is 125 Å². The van der Waals surface area contributed by atoms with Gasteiger partial charge in [0, 0.05) is 12.3 Å². The molecule has 0 aliphatic heterocycles. The molecule has 3 nitrogen and oxygen atoms in total. The summed E-state index contributed by atoms with van der Waals surface area (Å²) in [6.45, 7) is 0.279. The molecule has 0 radical (unpaired) electrons. The van der Waals surface area contributed by atoms with Gasteiger partial charge in [0.25, 0.3) is 0 Å². The molecule has 1 heterocycles. The third-order valence-electron chi connectivity index (χ3n) is 8.24. The Bertz CT molecular complexity index is 1030. The lowest BCUT2D eigenvalue weighted by Gasteiger charge is -2.32. The van der Waals surface area contributed by atoms with Crippen LogP contribution in [0.25, 0.3) is 0 Å². The van der Waals surface area contributed by atoms with Crippen LogP contribution in [0.5, 0.6) is 5.75 Å². The summed E-state index contributed by atoms with van der Waals surface area (Å²) in [7, 11) is 0. The number of aliphatic hydroxyl groups is 1. The molecule has 4 rings (SSSR count). The number of benzene rings is 1. The Balaban J connectivity index is 1.16. The van der Waals surface area contributed by atoms with Crippen LogP contribution in [0.2, 0.25) is 0 Å². The van der Waals surface area contributed by atoms with Gasteiger partial charge in [-0.3, -0.25) is 4.98 Å². The number of allylic oxidation sites excluding steroid dienone is 2. The van der Waals surface area contributed by atoms with Crippen molar-refractivity contribution in [3.05, 3.63) is 71.6 Å². The molecule has 2 saturated carbocycles. The largest absolute Gasteiger partial charge is 0.431 e. The predicted octanol–water partition coefficient (Wildman–Crippen LogP) is 8.06. The van der Waals surface area contributed by atoms with Crippen LogP contribution in [0, 0.1) is 35.3 Å². The van der Waals surface area contributed by atoms with E-state index in [9.17, 15) is 22.7 Å². The molecule has 0 unspecified atom stereocenters. The second-order valence-electron chi connectivity index (χ2n) is 11.1. The second kappa shape index (κ2) is 13.6. The van der Waals surface area contributed by atoms with Crippen molar-refractivity contribution in [1.82, 2.24) is 4.98 Å². The van der Waals surface area contributed by atoms with E-state index in [-0.39, 0.29) is 12.4 Å². The number of nitrogens with zero attached hydrogens (tertiary/aromatic N) is 1. The van der Waals surface area contributed by atoms with Gasteiger partial charge >= 0.3 is 6.11 Å². The number of aliphatic hydroxyl groups excluding tert-OH is 1. The number of pyridine rings is 1. The lowest BCUT2D eigenvalue weighted by molar-refractivity contribution is -0.223. The number of rotatable bonds is 11. The fraction of sp³-hybridized carbons (Fsp3) is 0.581. The Morgan fingerprint density at radius 2 is 1.50 bits per heavy atom. The van der Waals surface area contributed by atoms with Gasteiger partial charge < -0.3 is 9.84 Å². The summed E-state index contributed by atoms with van der Waals surface area (Å²) >= 11 is 0. The van der Waals surface area contributed by atoms with Crippen LogP contribution in [0.3, 0.4) is 0 Å². The Morgan fingerprint density at radius 3 is 2.11 bits per heavy atom. The summed E-state index contributed by atoms with van der Waals surface area (Å²) in [5, 5.41) is 9.28. The zero-order valence-electron chi connectivity index (χ0n) is 21.9. The van der Waals surface area contributed by atoms with Crippen molar-refractivity contribution in [3.8, 4) is 5.75 Å². The van der Waals surface area contributed by atoms with Crippen LogP contribution in [-0.2, 0) is 12.8 Å². The molecular formula is C31H39F4NO2. The van der Waals surface area contributed by atoms with E-state index in [1.807, 2.05) is 0 Å². The van der Waals surface area contributed by atoms with E-state index in [4.69, 9.17) is 4.74 Å². The highest BCUT2D eigenvalue weighted by atomic mass is 19.3. The standard InChI is InChI=1S/C31H39F4NO2/c32-29-18-13-24(19-30(29)33)3-1-2-4-27-16-17-28(20-36-27)38-31(34,35)26-14-11-23(12-15-26)6-5-22-7-9-25(21-37)10-8-22/h5-6,13,16-20,22-23,25-26,37H,1-4,7-12,14-15,21H2/b6-5+. The Kier molecular flexibility index (Phi) is 10.2. The van der Waals surface area contributed by atoms with E-state index in [0.29, 0.717) is 43.4 Å². The summed E-state index contributed by atoms with van der Waals surface area (Å²) < 4.78 is 61.2. The topological polar surface area (TPSA) is 42.4 Å². The summed E-state index contributed by atoms with van der Waals surface area (Å²) in [4.78, 5) is 4.28. The van der Waals surface area contributed by atoms with E-state index >= 15 is 0 Å². The first-order valence-corrected chi connectivity index (χ1v) is 14.1. The molecule has 1 N–H and O–H groups in total. The quantitative estimate of drug-likeness (QED) is 0.180. The van der Waals surface area contributed by atoms with Gasteiger partial charge in [0.15, 0.2) is 11.6 Å². The summed E-state index contributed by atoms with van der Waals surface area (Å²) in [5.41, 5.74) is 1.53. The van der Waals surface area contributed by atoms with Crippen molar-refractivity contribution < 1.29 is 27.4 Å². The first kappa shape index (κ1) is 28.6. The van der Waals surface area contributed by atoms with Crippen molar-refractivity contribution in [1.29, 1.82) is 0 Å². The Labute approximate surface area is 223 Å². The highest BCUT2D eigenvalue weighted by Crippen LogP contribution is 2.40. The highest BCUT2D eigenvalue weighted by molar-refractivity contribution is 5.21. The second-order valence-corrected chi connectivity index (χ2v) is 11.1. The van der Waals surface area contributed by atoms with Gasteiger partial charge in [0.2, 0.25) is 0 Å². The SMILES string of the molecule is OCC1CCC(/C=C/C2CCC(C(F)(F)Oc3ccc(CCCCc4ccc(F)c(F)c4)nc3)CC2)CC1. The van der Waals surface area contributed by atoms with E-state index in [1.165, 1.54) is 12.3 Å². The average molecular weight is 534 g/mol. The number of halogens is 4. The summed E-state index contributed by atoms with van der Waals surface area (Å²) in [6.07, 6.45) is 12.2. The fourth-order valence-electron chi connectivity index (χ4n) is 5.72. The van der Waals surface area contributed by atoms with Gasteiger partial charge in [-0.1, -0.05) is 18.2 Å². The number of hydrogen-bond donors (Lipinski definition) is 1. The van der Waals surface area contributed by atoms with E-state index in [0.717, 1.165) is 68.7 Å². The third-order valence-corrected chi connectivity index (χ3v) is 8.24. The number of hydrogen-bond acceptors (Lipinski definition) is 3. The maximum Gasteiger partial charge on any atom is 0.400 e. The Hall–Kier alpha value is -2.41. The normalized spacial score (nSPS) is 24.6. The van der Waals surface area contributed by atoms with Crippen molar-refractivity contribution in [2.24, 2.45) is 23.7 Å². The van der Waals surface area contributed by atoms with Gasteiger partial charge in [-0.25, -0.2) is 8.78 Å². The molecule has 2 aliphatic carbocycles. The van der Waals surface area contributed by atoms with Crippen LogP contribution in [0.4, 0.5) is 17.6 Å². The number of aromatic nitrogens is 1. The molecule has 0 bridgehead atoms. The minimum Gasteiger partial charge on any atom is -0.431 e. The van der Waals surface area contributed by atoms with Crippen LogP contribution in [0.1, 0.15) is 75.5 Å². The molecule has 1 aromatic heterocycles. The van der Waals surface area contributed by atoms with Gasteiger partial charge in [0.1, 0.15) is 5.75 Å². The first-order valence-electron chi connectivity index (χ1n) is 14.1. The lowest BCUT2D eigenvalue weighted by atomic mass is 9.79. The molecule has 1 aromatic carbocycles. The monoisotopic (exact) mass is 533 g/mol. The minimum absolute atomic E-state index is 0.0704. The fourth-order valence-corrected chi connectivity index (χ4v) is 5.72. The number of unbranched alkanes of at least 4 members (excludes halogenated alkanes) is 1. The molecule has 0 atom stereocenters. The Morgan fingerprint density at radius 1 is 0.842 bits per heavy atom. The van der Waals surface area contributed by atoms with Crippen molar-refractivity contribution >= 4 is 0 Å². The zero-order valence-corrected chi connectivity index (χ0v) is 21.9. The molecule has 2 aliphatic rings. The highest BCUT2D eigenvalue weighted by Gasteiger charge is 2.43. The molecule has 38 heavy (non-hydrogen) atoms. The van der Waals surface area contributed by atoms with Crippen molar-refractivity contribution in [2.45, 2.75) is 83.2 Å². The summed E-state index contributed by atoms with van der Waals surface area (Å²) in [5.74, 6) is -1.08. The van der Waals surface area contributed by atoms with Gasteiger partial charge in [0.05, 0.1) is 12.1 Å². The smallest absolute Gasteiger partial charge is 0.400 e. The van der Waals surface area contributed by atoms with Crippen LogP contribution in [-0.4, -0.2) is 22.8 Å². The van der Waals surface area contributed by atoms with Gasteiger partial charge in [-0.15, -0.1) is 0 Å². The maximum absolute atomic E-state index is 14.9. The molecule has 0 spiro atoms. The molecule has 208 valence electrons. The number of alkyl halides is 2. The molecule has 2 fully saturated rings. The number of aryl methyl sites for hydroxylation is 2. The van der Waals surface area contributed by atoms with Crippen LogP contribution >= 0.6 is 0 Å².